The van der Waals surface area contributed by atoms with Crippen molar-refractivity contribution in [2.75, 3.05) is 5.32 Å². The highest BCUT2D eigenvalue weighted by atomic mass is 127. The Kier molecular flexibility index (Phi) is 4.84. The summed E-state index contributed by atoms with van der Waals surface area (Å²) in [6.07, 6.45) is 4.20. The molecule has 7 nitrogen and oxygen atoms in total. The third kappa shape index (κ3) is 3.55. The number of nitrogens with one attached hydrogen (secondary N) is 1. The zero-order valence-corrected chi connectivity index (χ0v) is 15.7. The van der Waals surface area contributed by atoms with Crippen LogP contribution in [0.25, 0.3) is 5.52 Å². The predicted octanol–water partition coefficient (Wildman–Crippen LogP) is 2.40. The Bertz CT molecular complexity index is 1010. The second-order valence-corrected chi connectivity index (χ2v) is 7.04. The minimum absolute atomic E-state index is 0.00967. The van der Waals surface area contributed by atoms with Crippen LogP contribution in [-0.2, 0) is 11.3 Å². The molecule has 0 aliphatic heterocycles. The summed E-state index contributed by atoms with van der Waals surface area (Å²) in [6.45, 7) is 3.60. The summed E-state index contributed by atoms with van der Waals surface area (Å²) in [5.41, 5.74) is 0.0825. The standard InChI is InChI=1S/C16H15FIN5O2/c1-9(2)15-21-23(16(25)13-5-10(18)7-22(13)15)8-14(24)20-12-3-4-19-6-11(12)17/h3-7,9H,8H2,1-2H3,(H,19,20,24). The highest BCUT2D eigenvalue weighted by molar-refractivity contribution is 14.1. The van der Waals surface area contributed by atoms with Gasteiger partial charge < -0.3 is 5.32 Å². The van der Waals surface area contributed by atoms with Gasteiger partial charge in [-0.1, -0.05) is 13.8 Å². The average molecular weight is 455 g/mol. The molecule has 0 fully saturated rings. The summed E-state index contributed by atoms with van der Waals surface area (Å²) in [7, 11) is 0. The normalized spacial score (nSPS) is 11.2. The highest BCUT2D eigenvalue weighted by Crippen LogP contribution is 2.16. The van der Waals surface area contributed by atoms with Gasteiger partial charge in [-0.3, -0.25) is 19.0 Å². The summed E-state index contributed by atoms with van der Waals surface area (Å²) in [5.74, 6) is -0.464. The number of hydrogen-bond acceptors (Lipinski definition) is 4. The number of pyridine rings is 1. The molecule has 0 saturated carbocycles. The van der Waals surface area contributed by atoms with Gasteiger partial charge in [0, 0.05) is 21.9 Å². The number of anilines is 1. The molecule has 0 spiro atoms. The van der Waals surface area contributed by atoms with Gasteiger partial charge >= 0.3 is 0 Å². The smallest absolute Gasteiger partial charge is 0.291 e. The van der Waals surface area contributed by atoms with Gasteiger partial charge in [0.15, 0.2) is 5.82 Å². The summed E-state index contributed by atoms with van der Waals surface area (Å²) >= 11 is 2.12. The van der Waals surface area contributed by atoms with Gasteiger partial charge in [-0.25, -0.2) is 9.07 Å². The molecule has 25 heavy (non-hydrogen) atoms. The molecular weight excluding hydrogens is 440 g/mol. The molecule has 0 aromatic carbocycles. The lowest BCUT2D eigenvalue weighted by Gasteiger charge is -2.12. The van der Waals surface area contributed by atoms with Crippen molar-refractivity contribution < 1.29 is 9.18 Å². The fourth-order valence-corrected chi connectivity index (χ4v) is 3.01. The second kappa shape index (κ2) is 6.90. The van der Waals surface area contributed by atoms with Gasteiger partial charge in [0.1, 0.15) is 17.9 Å². The van der Waals surface area contributed by atoms with Gasteiger partial charge in [0.2, 0.25) is 5.91 Å². The lowest BCUT2D eigenvalue weighted by Crippen LogP contribution is -2.32. The van der Waals surface area contributed by atoms with E-state index >= 15 is 0 Å². The molecule has 3 rings (SSSR count). The summed E-state index contributed by atoms with van der Waals surface area (Å²) in [6, 6.07) is 3.09. The lowest BCUT2D eigenvalue weighted by molar-refractivity contribution is -0.117. The first-order valence-electron chi connectivity index (χ1n) is 7.55. The molecular formula is C16H15FIN5O2. The van der Waals surface area contributed by atoms with Crippen LogP contribution in [0, 0.1) is 9.39 Å². The Morgan fingerprint density at radius 1 is 1.44 bits per heavy atom. The Hall–Kier alpha value is -2.30. The molecule has 3 heterocycles. The quantitative estimate of drug-likeness (QED) is 0.613. The predicted molar refractivity (Wildman–Crippen MR) is 99.1 cm³/mol. The molecule has 130 valence electrons. The van der Waals surface area contributed by atoms with Gasteiger partial charge in [0.05, 0.1) is 11.9 Å². The van der Waals surface area contributed by atoms with Crippen LogP contribution in [0.1, 0.15) is 25.6 Å². The monoisotopic (exact) mass is 455 g/mol. The maximum absolute atomic E-state index is 13.6. The molecule has 1 amide bonds. The third-order valence-electron chi connectivity index (χ3n) is 3.57. The Morgan fingerprint density at radius 3 is 2.88 bits per heavy atom. The number of nitrogens with zero attached hydrogens (tertiary/aromatic N) is 4. The zero-order chi connectivity index (χ0) is 18.1. The third-order valence-corrected chi connectivity index (χ3v) is 4.16. The van der Waals surface area contributed by atoms with E-state index in [9.17, 15) is 14.0 Å². The van der Waals surface area contributed by atoms with Crippen molar-refractivity contribution in [3.05, 3.63) is 56.3 Å². The minimum atomic E-state index is -0.643. The number of aromatic nitrogens is 4. The van der Waals surface area contributed by atoms with Gasteiger partial charge in [0.25, 0.3) is 5.56 Å². The molecule has 9 heteroatoms. The maximum atomic E-state index is 13.6. The first-order chi connectivity index (χ1) is 11.9. The molecule has 3 aromatic heterocycles. The zero-order valence-electron chi connectivity index (χ0n) is 13.5. The topological polar surface area (TPSA) is 81.3 Å². The Morgan fingerprint density at radius 2 is 2.20 bits per heavy atom. The van der Waals surface area contributed by atoms with E-state index in [0.29, 0.717) is 11.3 Å². The first kappa shape index (κ1) is 17.5. The summed E-state index contributed by atoms with van der Waals surface area (Å²) in [5, 5.41) is 6.74. The Labute approximate surface area is 156 Å². The van der Waals surface area contributed by atoms with Crippen LogP contribution >= 0.6 is 22.6 Å². The van der Waals surface area contributed by atoms with E-state index in [1.165, 1.54) is 12.3 Å². The van der Waals surface area contributed by atoms with Crippen molar-refractivity contribution in [3.63, 3.8) is 0 Å². The van der Waals surface area contributed by atoms with E-state index in [1.54, 1.807) is 10.5 Å². The van der Waals surface area contributed by atoms with Gasteiger partial charge in [-0.2, -0.15) is 5.10 Å². The fraction of sp³-hybridized carbons (Fsp3) is 0.250. The second-order valence-electron chi connectivity index (χ2n) is 5.79. The van der Waals surface area contributed by atoms with E-state index in [-0.39, 0.29) is 23.7 Å². The van der Waals surface area contributed by atoms with E-state index in [2.05, 4.69) is 38.0 Å². The van der Waals surface area contributed by atoms with Crippen LogP contribution in [0.4, 0.5) is 10.1 Å². The number of halogens is 2. The molecule has 0 atom stereocenters. The number of rotatable bonds is 4. The molecule has 0 aliphatic rings. The summed E-state index contributed by atoms with van der Waals surface area (Å²) < 4.78 is 17.3. The van der Waals surface area contributed by atoms with Crippen molar-refractivity contribution in [2.24, 2.45) is 0 Å². The van der Waals surface area contributed by atoms with E-state index in [4.69, 9.17) is 0 Å². The fourth-order valence-electron chi connectivity index (χ4n) is 2.44. The number of amides is 1. The van der Waals surface area contributed by atoms with Crippen LogP contribution in [0.3, 0.4) is 0 Å². The van der Waals surface area contributed by atoms with Crippen molar-refractivity contribution >= 4 is 39.7 Å². The minimum Gasteiger partial charge on any atom is -0.322 e. The van der Waals surface area contributed by atoms with Crippen LogP contribution < -0.4 is 10.9 Å². The number of carbonyl (C=O) groups is 1. The lowest BCUT2D eigenvalue weighted by atomic mass is 10.2. The Balaban J connectivity index is 1.96. The van der Waals surface area contributed by atoms with Crippen molar-refractivity contribution in [3.8, 4) is 0 Å². The van der Waals surface area contributed by atoms with E-state index in [0.717, 1.165) is 14.4 Å². The molecule has 0 aliphatic carbocycles. The number of carbonyl (C=O) groups excluding carboxylic acids is 1. The van der Waals surface area contributed by atoms with Crippen LogP contribution in [0.15, 0.2) is 35.5 Å². The van der Waals surface area contributed by atoms with Crippen molar-refractivity contribution in [1.29, 1.82) is 0 Å². The van der Waals surface area contributed by atoms with Crippen molar-refractivity contribution in [1.82, 2.24) is 19.2 Å². The molecule has 0 unspecified atom stereocenters. The first-order valence-corrected chi connectivity index (χ1v) is 8.62. The average Bonchev–Trinajstić information content (AvgIpc) is 2.94. The van der Waals surface area contributed by atoms with Gasteiger partial charge in [-0.15, -0.1) is 0 Å². The SMILES string of the molecule is CC(C)c1nn(CC(=O)Nc2ccncc2F)c(=O)c2cc(I)cn12. The molecule has 0 saturated heterocycles. The van der Waals surface area contributed by atoms with E-state index < -0.39 is 11.7 Å². The maximum Gasteiger partial charge on any atom is 0.291 e. The molecule has 0 bridgehead atoms. The van der Waals surface area contributed by atoms with Crippen LogP contribution in [-0.4, -0.2) is 25.1 Å². The summed E-state index contributed by atoms with van der Waals surface area (Å²) in [4.78, 5) is 28.4. The van der Waals surface area contributed by atoms with Gasteiger partial charge in [-0.05, 0) is 34.7 Å². The number of fused-ring (bicyclic) bond motifs is 1. The molecule has 1 N–H and O–H groups in total. The molecule has 0 radical (unpaired) electrons. The van der Waals surface area contributed by atoms with E-state index in [1.807, 2.05) is 20.0 Å². The van der Waals surface area contributed by atoms with Crippen molar-refractivity contribution in [2.45, 2.75) is 26.3 Å². The molecule has 3 aromatic rings. The van der Waals surface area contributed by atoms with Crippen LogP contribution in [0.5, 0.6) is 0 Å². The van der Waals surface area contributed by atoms with Crippen LogP contribution in [0.2, 0.25) is 0 Å². The largest absolute Gasteiger partial charge is 0.322 e. The number of hydrogen-bond donors (Lipinski definition) is 1. The highest BCUT2D eigenvalue weighted by Gasteiger charge is 2.16.